The average Bonchev–Trinajstić information content (AvgIpc) is 2.99. The van der Waals surface area contributed by atoms with Gasteiger partial charge in [-0.2, -0.15) is 0 Å². The summed E-state index contributed by atoms with van der Waals surface area (Å²) >= 11 is 1.70. The number of hydrogen-bond acceptors (Lipinski definition) is 5. The first kappa shape index (κ1) is 13.8. The zero-order valence-electron chi connectivity index (χ0n) is 12.0. The fourth-order valence-corrected chi connectivity index (χ4v) is 4.51. The predicted octanol–water partition coefficient (Wildman–Crippen LogP) is 1.79. The molecule has 20 heavy (non-hydrogen) atoms. The molecule has 0 radical (unpaired) electrons. The normalized spacial score (nSPS) is 25.4. The lowest BCUT2D eigenvalue weighted by molar-refractivity contribution is -0.138. The van der Waals surface area contributed by atoms with E-state index < -0.39 is 5.97 Å². The maximum absolute atomic E-state index is 11.2. The van der Waals surface area contributed by atoms with Gasteiger partial charge in [0.05, 0.1) is 5.69 Å². The zero-order valence-corrected chi connectivity index (χ0v) is 12.8. The topological polar surface area (TPSA) is 56.7 Å². The second-order valence-corrected chi connectivity index (χ2v) is 7.05. The number of carbonyl (C=O) groups is 1. The van der Waals surface area contributed by atoms with Crippen LogP contribution in [0, 0.1) is 0 Å². The van der Waals surface area contributed by atoms with Crippen molar-refractivity contribution in [3.63, 3.8) is 0 Å². The second-order valence-electron chi connectivity index (χ2n) is 5.99. The quantitative estimate of drug-likeness (QED) is 0.918. The number of anilines is 1. The van der Waals surface area contributed by atoms with Crippen LogP contribution < -0.4 is 4.90 Å². The van der Waals surface area contributed by atoms with Crippen molar-refractivity contribution in [3.05, 3.63) is 10.6 Å². The van der Waals surface area contributed by atoms with E-state index in [4.69, 9.17) is 0 Å². The standard InChI is InChI=1S/C14H21N3O2S/c1-16(2)8-9-4-3-7-17(9)14-15-12-10(13(18)19)5-6-11(12)20-14/h9-10H,3-8H2,1-2H3,(H,18,19). The molecule has 3 rings (SSSR count). The molecular formula is C14H21N3O2S. The Labute approximate surface area is 123 Å². The van der Waals surface area contributed by atoms with Gasteiger partial charge in [-0.25, -0.2) is 4.98 Å². The minimum absolute atomic E-state index is 0.384. The molecular weight excluding hydrogens is 274 g/mol. The van der Waals surface area contributed by atoms with E-state index in [2.05, 4.69) is 28.9 Å². The average molecular weight is 295 g/mol. The van der Waals surface area contributed by atoms with Crippen molar-refractivity contribution in [2.75, 3.05) is 32.1 Å². The van der Waals surface area contributed by atoms with E-state index in [0.717, 1.165) is 30.3 Å². The molecule has 110 valence electrons. The van der Waals surface area contributed by atoms with Gasteiger partial charge in [0.15, 0.2) is 5.13 Å². The van der Waals surface area contributed by atoms with Crippen LogP contribution in [0.1, 0.15) is 35.8 Å². The summed E-state index contributed by atoms with van der Waals surface area (Å²) in [5.41, 5.74) is 0.827. The third-order valence-corrected chi connectivity index (χ3v) is 5.37. The van der Waals surface area contributed by atoms with Gasteiger partial charge in [0.2, 0.25) is 0 Å². The Hall–Kier alpha value is -1.14. The molecule has 0 bridgehead atoms. The summed E-state index contributed by atoms with van der Waals surface area (Å²) in [4.78, 5) is 21.7. The predicted molar refractivity (Wildman–Crippen MR) is 79.7 cm³/mol. The van der Waals surface area contributed by atoms with Gasteiger partial charge in [-0.3, -0.25) is 4.79 Å². The van der Waals surface area contributed by atoms with Crippen LogP contribution in [0.2, 0.25) is 0 Å². The third-order valence-electron chi connectivity index (χ3n) is 4.20. The molecule has 0 amide bonds. The molecule has 1 aromatic rings. The van der Waals surface area contributed by atoms with Gasteiger partial charge in [0, 0.05) is 24.0 Å². The molecule has 2 aliphatic rings. The minimum Gasteiger partial charge on any atom is -0.481 e. The highest BCUT2D eigenvalue weighted by Gasteiger charge is 2.35. The fourth-order valence-electron chi connectivity index (χ4n) is 3.28. The molecule has 6 heteroatoms. The number of aliphatic carboxylic acids is 1. The Bertz CT molecular complexity index is 515. The number of likely N-dealkylation sites (N-methyl/N-ethyl adjacent to an activating group) is 1. The van der Waals surface area contributed by atoms with E-state index in [-0.39, 0.29) is 5.92 Å². The monoisotopic (exact) mass is 295 g/mol. The van der Waals surface area contributed by atoms with E-state index in [9.17, 15) is 9.90 Å². The van der Waals surface area contributed by atoms with E-state index in [1.165, 1.54) is 17.7 Å². The summed E-state index contributed by atoms with van der Waals surface area (Å²) in [5, 5.41) is 10.3. The van der Waals surface area contributed by atoms with Gasteiger partial charge in [-0.15, -0.1) is 11.3 Å². The first-order valence-corrected chi connectivity index (χ1v) is 8.01. The summed E-state index contributed by atoms with van der Waals surface area (Å²) in [5.74, 6) is -1.11. The molecule has 2 unspecified atom stereocenters. The molecule has 0 aromatic carbocycles. The maximum Gasteiger partial charge on any atom is 0.312 e. The lowest BCUT2D eigenvalue weighted by Gasteiger charge is -2.26. The van der Waals surface area contributed by atoms with Crippen LogP contribution in [0.25, 0.3) is 0 Å². The van der Waals surface area contributed by atoms with Gasteiger partial charge in [-0.05, 0) is 39.8 Å². The Morgan fingerprint density at radius 1 is 1.50 bits per heavy atom. The summed E-state index contributed by atoms with van der Waals surface area (Å²) in [6, 6.07) is 0.513. The molecule has 1 fully saturated rings. The van der Waals surface area contributed by atoms with E-state index in [1.54, 1.807) is 11.3 Å². The van der Waals surface area contributed by atoms with Crippen LogP contribution in [-0.2, 0) is 11.2 Å². The van der Waals surface area contributed by atoms with Crippen LogP contribution in [0.3, 0.4) is 0 Å². The number of carboxylic acid groups (broad SMARTS) is 1. The highest BCUT2D eigenvalue weighted by Crippen LogP contribution is 2.41. The van der Waals surface area contributed by atoms with E-state index in [1.807, 2.05) is 0 Å². The van der Waals surface area contributed by atoms with Crippen LogP contribution in [0.15, 0.2) is 0 Å². The van der Waals surface area contributed by atoms with E-state index in [0.29, 0.717) is 12.5 Å². The van der Waals surface area contributed by atoms with Crippen LogP contribution in [-0.4, -0.2) is 54.2 Å². The van der Waals surface area contributed by atoms with Crippen molar-refractivity contribution in [1.29, 1.82) is 0 Å². The molecule has 5 nitrogen and oxygen atoms in total. The van der Waals surface area contributed by atoms with Crippen molar-refractivity contribution in [2.45, 2.75) is 37.6 Å². The smallest absolute Gasteiger partial charge is 0.312 e. The van der Waals surface area contributed by atoms with Gasteiger partial charge in [0.1, 0.15) is 5.92 Å². The summed E-state index contributed by atoms with van der Waals surface area (Å²) in [7, 11) is 4.19. The zero-order chi connectivity index (χ0) is 14.3. The molecule has 1 aliphatic heterocycles. The first-order valence-electron chi connectivity index (χ1n) is 7.20. The Balaban J connectivity index is 1.81. The maximum atomic E-state index is 11.2. The van der Waals surface area contributed by atoms with Crippen molar-refractivity contribution < 1.29 is 9.90 Å². The van der Waals surface area contributed by atoms with Crippen LogP contribution in [0.5, 0.6) is 0 Å². The summed E-state index contributed by atoms with van der Waals surface area (Å²) in [6.45, 7) is 2.08. The van der Waals surface area contributed by atoms with Crippen molar-refractivity contribution in [1.82, 2.24) is 9.88 Å². The lowest BCUT2D eigenvalue weighted by atomic mass is 10.1. The first-order chi connectivity index (χ1) is 9.56. The Morgan fingerprint density at radius 3 is 3.00 bits per heavy atom. The third kappa shape index (κ3) is 2.42. The van der Waals surface area contributed by atoms with Crippen molar-refractivity contribution in [2.24, 2.45) is 0 Å². The number of fused-ring (bicyclic) bond motifs is 1. The molecule has 2 heterocycles. The molecule has 1 saturated heterocycles. The van der Waals surface area contributed by atoms with E-state index >= 15 is 0 Å². The molecule has 2 atom stereocenters. The van der Waals surface area contributed by atoms with Crippen molar-refractivity contribution >= 4 is 22.4 Å². The second kappa shape index (κ2) is 5.33. The fraction of sp³-hybridized carbons (Fsp3) is 0.714. The molecule has 1 aromatic heterocycles. The number of nitrogens with zero attached hydrogens (tertiary/aromatic N) is 3. The number of hydrogen-bond donors (Lipinski definition) is 1. The Morgan fingerprint density at radius 2 is 2.30 bits per heavy atom. The summed E-state index contributed by atoms with van der Waals surface area (Å²) < 4.78 is 0. The SMILES string of the molecule is CN(C)CC1CCCN1c1nc2c(s1)CCC2C(=O)O. The molecule has 0 spiro atoms. The molecule has 1 aliphatic carbocycles. The van der Waals surface area contributed by atoms with Crippen LogP contribution in [0.4, 0.5) is 5.13 Å². The largest absolute Gasteiger partial charge is 0.481 e. The van der Waals surface area contributed by atoms with Crippen LogP contribution >= 0.6 is 11.3 Å². The Kier molecular flexibility index (Phi) is 3.69. The van der Waals surface area contributed by atoms with Crippen molar-refractivity contribution in [3.8, 4) is 0 Å². The van der Waals surface area contributed by atoms with Gasteiger partial charge in [-0.1, -0.05) is 0 Å². The molecule has 1 N–H and O–H groups in total. The van der Waals surface area contributed by atoms with Gasteiger partial charge >= 0.3 is 5.97 Å². The number of rotatable bonds is 4. The number of aryl methyl sites for hydroxylation is 1. The number of aromatic nitrogens is 1. The highest BCUT2D eigenvalue weighted by atomic mass is 32.1. The van der Waals surface area contributed by atoms with Gasteiger partial charge in [0.25, 0.3) is 0 Å². The number of carboxylic acids is 1. The molecule has 0 saturated carbocycles. The number of thiazole rings is 1. The lowest BCUT2D eigenvalue weighted by Crippen LogP contribution is -2.37. The highest BCUT2D eigenvalue weighted by molar-refractivity contribution is 7.15. The summed E-state index contributed by atoms with van der Waals surface area (Å²) in [6.07, 6.45) is 3.98. The minimum atomic E-state index is -0.730. The van der Waals surface area contributed by atoms with Gasteiger partial charge < -0.3 is 14.9 Å².